The van der Waals surface area contributed by atoms with Crippen LogP contribution in [0.3, 0.4) is 0 Å². The van der Waals surface area contributed by atoms with Crippen LogP contribution < -0.4 is 5.32 Å². The van der Waals surface area contributed by atoms with Crippen molar-refractivity contribution < 1.29 is 9.59 Å². The Bertz CT molecular complexity index is 494. The number of rotatable bonds is 2. The van der Waals surface area contributed by atoms with E-state index in [-0.39, 0.29) is 11.9 Å². The number of hydrogen-bond acceptors (Lipinski definition) is 2. The second kappa shape index (κ2) is 4.87. The monoisotopic (exact) mass is 342 g/mol. The van der Waals surface area contributed by atoms with E-state index in [1.165, 1.54) is 4.90 Å². The number of urea groups is 1. The van der Waals surface area contributed by atoms with Gasteiger partial charge in [-0.05, 0) is 53.3 Å². The number of halogens is 1. The fraction of sp³-hybridized carbons (Fsp3) is 0.167. The third kappa shape index (κ3) is 2.49. The molecule has 1 aromatic carbocycles. The highest BCUT2D eigenvalue weighted by atomic mass is 127. The minimum Gasteiger partial charge on any atom is -0.303 e. The first kappa shape index (κ1) is 12.1. The van der Waals surface area contributed by atoms with Gasteiger partial charge in [-0.15, -0.1) is 0 Å². The Hall–Kier alpha value is -1.37. The summed E-state index contributed by atoms with van der Waals surface area (Å²) >= 11 is 2.21. The van der Waals surface area contributed by atoms with E-state index in [1.807, 2.05) is 24.3 Å². The lowest BCUT2D eigenvalue weighted by Crippen LogP contribution is -2.30. The van der Waals surface area contributed by atoms with Crippen LogP contribution in [0.4, 0.5) is 4.79 Å². The highest BCUT2D eigenvalue weighted by Crippen LogP contribution is 2.14. The molecule has 0 unspecified atom stereocenters. The van der Waals surface area contributed by atoms with E-state index in [0.717, 1.165) is 9.13 Å². The number of nitrogens with zero attached hydrogens (tertiary/aromatic N) is 1. The van der Waals surface area contributed by atoms with Gasteiger partial charge in [0.1, 0.15) is 5.70 Å². The number of carbonyl (C=O) groups excluding carboxylic acids is 2. The summed E-state index contributed by atoms with van der Waals surface area (Å²) in [4.78, 5) is 24.4. The lowest BCUT2D eigenvalue weighted by Gasteiger charge is -2.05. The highest BCUT2D eigenvalue weighted by Gasteiger charge is 2.31. The van der Waals surface area contributed by atoms with Crippen molar-refractivity contribution in [2.75, 3.05) is 6.54 Å². The van der Waals surface area contributed by atoms with E-state index >= 15 is 0 Å². The van der Waals surface area contributed by atoms with Crippen LogP contribution in [-0.2, 0) is 4.79 Å². The molecule has 1 fully saturated rings. The Labute approximate surface area is 113 Å². The molecule has 2 rings (SSSR count). The van der Waals surface area contributed by atoms with Crippen LogP contribution in [0.25, 0.3) is 6.08 Å². The molecule has 3 amide bonds. The summed E-state index contributed by atoms with van der Waals surface area (Å²) in [6, 6.07) is 7.36. The molecule has 0 spiro atoms. The number of nitrogens with one attached hydrogen (secondary N) is 1. The first-order chi connectivity index (χ1) is 8.11. The largest absolute Gasteiger partial charge is 0.328 e. The Morgan fingerprint density at radius 1 is 1.29 bits per heavy atom. The zero-order valence-electron chi connectivity index (χ0n) is 9.24. The van der Waals surface area contributed by atoms with Crippen molar-refractivity contribution >= 4 is 40.6 Å². The highest BCUT2D eigenvalue weighted by molar-refractivity contribution is 14.1. The minimum absolute atomic E-state index is 0.268. The molecule has 0 aliphatic carbocycles. The molecule has 4 nitrogen and oxygen atoms in total. The molecular weight excluding hydrogens is 331 g/mol. The van der Waals surface area contributed by atoms with Gasteiger partial charge in [0, 0.05) is 10.1 Å². The fourth-order valence-corrected chi connectivity index (χ4v) is 1.94. The third-order valence-corrected chi connectivity index (χ3v) is 3.18. The van der Waals surface area contributed by atoms with Gasteiger partial charge in [-0.1, -0.05) is 12.1 Å². The van der Waals surface area contributed by atoms with Crippen LogP contribution in [-0.4, -0.2) is 23.4 Å². The zero-order valence-corrected chi connectivity index (χ0v) is 11.4. The zero-order chi connectivity index (χ0) is 12.4. The van der Waals surface area contributed by atoms with Crippen molar-refractivity contribution in [1.82, 2.24) is 10.2 Å². The number of hydrogen-bond donors (Lipinski definition) is 1. The Morgan fingerprint density at radius 3 is 2.47 bits per heavy atom. The van der Waals surface area contributed by atoms with E-state index in [2.05, 4.69) is 27.9 Å². The Morgan fingerprint density at radius 2 is 1.94 bits per heavy atom. The van der Waals surface area contributed by atoms with Crippen molar-refractivity contribution in [2.45, 2.75) is 6.92 Å². The molecule has 0 saturated carbocycles. The number of amides is 3. The maximum absolute atomic E-state index is 11.8. The van der Waals surface area contributed by atoms with Gasteiger partial charge < -0.3 is 5.32 Å². The van der Waals surface area contributed by atoms with Gasteiger partial charge >= 0.3 is 6.03 Å². The third-order valence-electron chi connectivity index (χ3n) is 2.46. The number of imide groups is 1. The topological polar surface area (TPSA) is 49.4 Å². The maximum atomic E-state index is 11.8. The average Bonchev–Trinajstić information content (AvgIpc) is 2.57. The van der Waals surface area contributed by atoms with Crippen LogP contribution >= 0.6 is 22.6 Å². The van der Waals surface area contributed by atoms with E-state index in [1.54, 1.807) is 13.0 Å². The normalized spacial score (nSPS) is 17.8. The molecule has 1 aliphatic rings. The smallest absolute Gasteiger partial charge is 0.303 e. The van der Waals surface area contributed by atoms with Gasteiger partial charge in [-0.25, -0.2) is 4.79 Å². The maximum Gasteiger partial charge on any atom is 0.328 e. The predicted octanol–water partition coefficient (Wildman–Crippen LogP) is 2.20. The summed E-state index contributed by atoms with van der Waals surface area (Å²) in [5, 5.41) is 2.56. The molecule has 0 aromatic heterocycles. The van der Waals surface area contributed by atoms with Crippen LogP contribution in [0, 0.1) is 3.57 Å². The minimum atomic E-state index is -0.353. The number of benzene rings is 1. The lowest BCUT2D eigenvalue weighted by atomic mass is 10.2. The van der Waals surface area contributed by atoms with Crippen LogP contribution in [0.1, 0.15) is 12.5 Å². The first-order valence-electron chi connectivity index (χ1n) is 5.22. The van der Waals surface area contributed by atoms with Crippen molar-refractivity contribution in [2.24, 2.45) is 0 Å². The van der Waals surface area contributed by atoms with Crippen molar-refractivity contribution in [1.29, 1.82) is 0 Å². The van der Waals surface area contributed by atoms with E-state index in [0.29, 0.717) is 12.2 Å². The van der Waals surface area contributed by atoms with Gasteiger partial charge in [0.05, 0.1) is 0 Å². The summed E-state index contributed by atoms with van der Waals surface area (Å²) in [5.74, 6) is -0.268. The SMILES string of the molecule is CCN1C(=O)N/C(=C/c2ccc(I)cc2)C1=O. The first-order valence-corrected chi connectivity index (χ1v) is 6.30. The van der Waals surface area contributed by atoms with E-state index in [4.69, 9.17) is 0 Å². The molecule has 5 heteroatoms. The molecule has 1 aliphatic heterocycles. The van der Waals surface area contributed by atoms with Gasteiger partial charge in [0.15, 0.2) is 0 Å². The van der Waals surface area contributed by atoms with Crippen LogP contribution in [0.5, 0.6) is 0 Å². The predicted molar refractivity (Wildman–Crippen MR) is 73.1 cm³/mol. The van der Waals surface area contributed by atoms with Gasteiger partial charge in [0.2, 0.25) is 0 Å². The van der Waals surface area contributed by atoms with Crippen LogP contribution in [0.2, 0.25) is 0 Å². The summed E-state index contributed by atoms with van der Waals surface area (Å²) in [6.07, 6.45) is 1.69. The summed E-state index contributed by atoms with van der Waals surface area (Å²) in [7, 11) is 0. The molecule has 1 heterocycles. The van der Waals surface area contributed by atoms with Gasteiger partial charge in [-0.3, -0.25) is 9.69 Å². The second-order valence-corrected chi connectivity index (χ2v) is 4.83. The molecule has 88 valence electrons. The molecule has 17 heavy (non-hydrogen) atoms. The molecule has 1 aromatic rings. The quantitative estimate of drug-likeness (QED) is 0.509. The Kier molecular flexibility index (Phi) is 3.46. The van der Waals surface area contributed by atoms with Gasteiger partial charge in [0.25, 0.3) is 5.91 Å². The van der Waals surface area contributed by atoms with Crippen molar-refractivity contribution in [3.05, 3.63) is 39.1 Å². The Balaban J connectivity index is 2.27. The second-order valence-electron chi connectivity index (χ2n) is 3.59. The average molecular weight is 342 g/mol. The molecule has 1 saturated heterocycles. The summed E-state index contributed by atoms with van der Waals surface area (Å²) in [5.41, 5.74) is 1.23. The molecule has 0 bridgehead atoms. The van der Waals surface area contributed by atoms with E-state index in [9.17, 15) is 9.59 Å². The lowest BCUT2D eigenvalue weighted by molar-refractivity contribution is -0.122. The summed E-state index contributed by atoms with van der Waals surface area (Å²) < 4.78 is 1.13. The standard InChI is InChI=1S/C12H11IN2O2/c1-2-15-11(16)10(14-12(15)17)7-8-3-5-9(13)6-4-8/h3-7H,2H2,1H3,(H,14,17)/b10-7+. The molecule has 0 radical (unpaired) electrons. The molecule has 0 atom stereocenters. The van der Waals surface area contributed by atoms with Gasteiger partial charge in [-0.2, -0.15) is 0 Å². The van der Waals surface area contributed by atoms with Crippen molar-refractivity contribution in [3.8, 4) is 0 Å². The summed E-state index contributed by atoms with van der Waals surface area (Å²) in [6.45, 7) is 2.15. The molecule has 1 N–H and O–H groups in total. The van der Waals surface area contributed by atoms with Crippen LogP contribution in [0.15, 0.2) is 30.0 Å². The number of carbonyl (C=O) groups is 2. The van der Waals surface area contributed by atoms with Crippen molar-refractivity contribution in [3.63, 3.8) is 0 Å². The number of likely N-dealkylation sites (N-methyl/N-ethyl adjacent to an activating group) is 1. The van der Waals surface area contributed by atoms with E-state index < -0.39 is 0 Å². The fourth-order valence-electron chi connectivity index (χ4n) is 1.58. The molecular formula is C12H11IN2O2.